The van der Waals surface area contributed by atoms with Gasteiger partial charge < -0.3 is 4.40 Å². The molecule has 3 rings (SSSR count). The molecule has 1 aromatic carbocycles. The van der Waals surface area contributed by atoms with E-state index in [0.29, 0.717) is 11.3 Å². The number of pyridine rings is 1. The first-order chi connectivity index (χ1) is 9.04. The van der Waals surface area contributed by atoms with Gasteiger partial charge in [0.05, 0.1) is 5.69 Å². The Kier molecular flexibility index (Phi) is 3.19. The molecule has 2 heterocycles. The molecule has 96 valence electrons. The van der Waals surface area contributed by atoms with Crippen LogP contribution in [0.25, 0.3) is 16.9 Å². The van der Waals surface area contributed by atoms with Crippen molar-refractivity contribution >= 4 is 37.5 Å². The minimum Gasteiger partial charge on any atom is -0.305 e. The van der Waals surface area contributed by atoms with Crippen LogP contribution >= 0.6 is 31.9 Å². The minimum absolute atomic E-state index is 0.283. The Morgan fingerprint density at radius 1 is 1.11 bits per heavy atom. The predicted molar refractivity (Wildman–Crippen MR) is 80.7 cm³/mol. The molecule has 0 aliphatic rings. The zero-order chi connectivity index (χ0) is 13.6. The number of imidazole rings is 1. The summed E-state index contributed by atoms with van der Waals surface area (Å²) in [6.45, 7) is 1.98. The molecule has 19 heavy (non-hydrogen) atoms. The maximum atomic E-state index is 14.0. The lowest BCUT2D eigenvalue weighted by Gasteiger charge is -1.99. The quantitative estimate of drug-likeness (QED) is 0.579. The summed E-state index contributed by atoms with van der Waals surface area (Å²) in [4.78, 5) is 4.50. The fraction of sp³-hybridized carbons (Fsp3) is 0.0714. The van der Waals surface area contributed by atoms with Crippen molar-refractivity contribution in [1.82, 2.24) is 9.38 Å². The van der Waals surface area contributed by atoms with E-state index in [2.05, 4.69) is 36.8 Å². The lowest BCUT2D eigenvalue weighted by atomic mass is 10.1. The Hall–Kier alpha value is -1.20. The number of rotatable bonds is 1. The molecule has 0 N–H and O–H groups in total. The SMILES string of the molecule is Cc1cc(Br)cn2cc(-c3ccc(Br)cc3F)nc12. The number of hydrogen-bond donors (Lipinski definition) is 0. The van der Waals surface area contributed by atoms with Crippen LogP contribution in [-0.4, -0.2) is 9.38 Å². The number of fused-ring (bicyclic) bond motifs is 1. The van der Waals surface area contributed by atoms with E-state index in [1.54, 1.807) is 6.07 Å². The van der Waals surface area contributed by atoms with Crippen molar-refractivity contribution in [3.8, 4) is 11.3 Å². The number of aromatic nitrogens is 2. The fourth-order valence-corrected chi connectivity index (χ4v) is 2.95. The van der Waals surface area contributed by atoms with Crippen LogP contribution in [0.15, 0.2) is 45.6 Å². The maximum Gasteiger partial charge on any atom is 0.140 e. The summed E-state index contributed by atoms with van der Waals surface area (Å²) in [6, 6.07) is 6.98. The summed E-state index contributed by atoms with van der Waals surface area (Å²) < 4.78 is 17.5. The standard InChI is InChI=1S/C14H9Br2FN2/c1-8-4-10(16)6-19-7-13(18-14(8)19)11-3-2-9(15)5-12(11)17/h2-7H,1H3. The van der Waals surface area contributed by atoms with E-state index in [1.165, 1.54) is 6.07 Å². The van der Waals surface area contributed by atoms with Crippen molar-refractivity contribution in [2.24, 2.45) is 0 Å². The van der Waals surface area contributed by atoms with Gasteiger partial charge in [0, 0.05) is 26.9 Å². The van der Waals surface area contributed by atoms with E-state index in [1.807, 2.05) is 35.9 Å². The highest BCUT2D eigenvalue weighted by Crippen LogP contribution is 2.26. The van der Waals surface area contributed by atoms with E-state index in [0.717, 1.165) is 20.2 Å². The first-order valence-electron chi connectivity index (χ1n) is 5.65. The molecule has 3 aromatic rings. The highest BCUT2D eigenvalue weighted by molar-refractivity contribution is 9.10. The highest BCUT2D eigenvalue weighted by atomic mass is 79.9. The molecule has 0 saturated heterocycles. The summed E-state index contributed by atoms with van der Waals surface area (Å²) in [5, 5.41) is 0. The van der Waals surface area contributed by atoms with E-state index in [-0.39, 0.29) is 5.82 Å². The van der Waals surface area contributed by atoms with Gasteiger partial charge in [0.25, 0.3) is 0 Å². The Morgan fingerprint density at radius 2 is 1.89 bits per heavy atom. The van der Waals surface area contributed by atoms with Crippen LogP contribution in [-0.2, 0) is 0 Å². The van der Waals surface area contributed by atoms with E-state index < -0.39 is 0 Å². The van der Waals surface area contributed by atoms with Gasteiger partial charge in [0.1, 0.15) is 11.5 Å². The second kappa shape index (κ2) is 4.72. The number of aryl methyl sites for hydroxylation is 1. The molecule has 5 heteroatoms. The average Bonchev–Trinajstić information content (AvgIpc) is 2.72. The van der Waals surface area contributed by atoms with Gasteiger partial charge in [-0.2, -0.15) is 0 Å². The number of halogens is 3. The molecule has 2 aromatic heterocycles. The van der Waals surface area contributed by atoms with Crippen LogP contribution in [0.5, 0.6) is 0 Å². The smallest absolute Gasteiger partial charge is 0.140 e. The van der Waals surface area contributed by atoms with Crippen molar-refractivity contribution in [3.05, 3.63) is 57.0 Å². The van der Waals surface area contributed by atoms with Crippen LogP contribution in [0, 0.1) is 12.7 Å². The summed E-state index contributed by atoms with van der Waals surface area (Å²) >= 11 is 6.70. The third-order valence-electron chi connectivity index (χ3n) is 2.91. The molecule has 0 radical (unpaired) electrons. The lowest BCUT2D eigenvalue weighted by Crippen LogP contribution is -1.86. The molecule has 0 aliphatic carbocycles. The molecule has 2 nitrogen and oxygen atoms in total. The Morgan fingerprint density at radius 3 is 2.63 bits per heavy atom. The zero-order valence-corrected chi connectivity index (χ0v) is 13.2. The molecule has 0 spiro atoms. The van der Waals surface area contributed by atoms with Crippen LogP contribution < -0.4 is 0 Å². The maximum absolute atomic E-state index is 14.0. The number of nitrogens with zero attached hydrogens (tertiary/aromatic N) is 2. The molecule has 0 saturated carbocycles. The second-order valence-electron chi connectivity index (χ2n) is 4.32. The first kappa shape index (κ1) is 12.8. The Bertz CT molecular complexity index is 780. The van der Waals surface area contributed by atoms with Crippen LogP contribution in [0.3, 0.4) is 0 Å². The molecule has 0 aliphatic heterocycles. The van der Waals surface area contributed by atoms with Crippen molar-refractivity contribution in [3.63, 3.8) is 0 Å². The summed E-state index contributed by atoms with van der Waals surface area (Å²) in [6.07, 6.45) is 3.75. The molecule has 0 fully saturated rings. The summed E-state index contributed by atoms with van der Waals surface area (Å²) in [5.41, 5.74) is 3.01. The van der Waals surface area contributed by atoms with Gasteiger partial charge in [-0.15, -0.1) is 0 Å². The molecular weight excluding hydrogens is 375 g/mol. The number of benzene rings is 1. The van der Waals surface area contributed by atoms with E-state index >= 15 is 0 Å². The molecular formula is C14H9Br2FN2. The van der Waals surface area contributed by atoms with Crippen LogP contribution in [0.2, 0.25) is 0 Å². The Balaban J connectivity index is 2.23. The Labute approximate surface area is 126 Å². The predicted octanol–water partition coefficient (Wildman–Crippen LogP) is 4.97. The van der Waals surface area contributed by atoms with Gasteiger partial charge in [-0.3, -0.25) is 0 Å². The minimum atomic E-state index is -0.283. The van der Waals surface area contributed by atoms with Crippen LogP contribution in [0.4, 0.5) is 4.39 Å². The third-order valence-corrected chi connectivity index (χ3v) is 3.84. The summed E-state index contributed by atoms with van der Waals surface area (Å²) in [7, 11) is 0. The highest BCUT2D eigenvalue weighted by Gasteiger charge is 2.11. The fourth-order valence-electron chi connectivity index (χ4n) is 2.05. The largest absolute Gasteiger partial charge is 0.305 e. The topological polar surface area (TPSA) is 17.3 Å². The van der Waals surface area contributed by atoms with Crippen molar-refractivity contribution in [2.45, 2.75) is 6.92 Å². The molecule has 0 bridgehead atoms. The van der Waals surface area contributed by atoms with Crippen molar-refractivity contribution in [1.29, 1.82) is 0 Å². The molecule has 0 atom stereocenters. The van der Waals surface area contributed by atoms with Gasteiger partial charge >= 0.3 is 0 Å². The monoisotopic (exact) mass is 382 g/mol. The van der Waals surface area contributed by atoms with E-state index in [9.17, 15) is 4.39 Å². The van der Waals surface area contributed by atoms with Gasteiger partial charge in [0.2, 0.25) is 0 Å². The number of hydrogen-bond acceptors (Lipinski definition) is 1. The second-order valence-corrected chi connectivity index (χ2v) is 6.15. The van der Waals surface area contributed by atoms with Crippen LogP contribution in [0.1, 0.15) is 5.56 Å². The molecule has 0 amide bonds. The normalized spacial score (nSPS) is 11.2. The average molecular weight is 384 g/mol. The van der Waals surface area contributed by atoms with Gasteiger partial charge in [0.15, 0.2) is 0 Å². The molecule has 0 unspecified atom stereocenters. The van der Waals surface area contributed by atoms with Crippen molar-refractivity contribution in [2.75, 3.05) is 0 Å². The van der Waals surface area contributed by atoms with Gasteiger partial charge in [-0.1, -0.05) is 15.9 Å². The van der Waals surface area contributed by atoms with Gasteiger partial charge in [-0.05, 0) is 52.7 Å². The summed E-state index contributed by atoms with van der Waals surface area (Å²) in [5.74, 6) is -0.283. The van der Waals surface area contributed by atoms with Crippen molar-refractivity contribution < 1.29 is 4.39 Å². The lowest BCUT2D eigenvalue weighted by molar-refractivity contribution is 0.630. The zero-order valence-electron chi connectivity index (χ0n) is 9.99. The van der Waals surface area contributed by atoms with E-state index in [4.69, 9.17) is 0 Å². The third kappa shape index (κ3) is 2.32. The first-order valence-corrected chi connectivity index (χ1v) is 7.23. The van der Waals surface area contributed by atoms with Gasteiger partial charge in [-0.25, -0.2) is 9.37 Å².